The zero-order chi connectivity index (χ0) is 74.1. The van der Waals surface area contributed by atoms with Gasteiger partial charge in [0.15, 0.2) is 0 Å². The highest BCUT2D eigenvalue weighted by Crippen LogP contribution is 2.47. The van der Waals surface area contributed by atoms with Gasteiger partial charge in [-0.2, -0.15) is 0 Å². The van der Waals surface area contributed by atoms with Gasteiger partial charge in [-0.25, -0.2) is 14.4 Å². The molecule has 0 bridgehead atoms. The van der Waals surface area contributed by atoms with Crippen molar-refractivity contribution in [1.82, 2.24) is 10.2 Å². The molecule has 6 heterocycles. The largest absolute Gasteiger partial charge is 1.00 e. The number of halogens is 1. The summed E-state index contributed by atoms with van der Waals surface area (Å²) in [7, 11) is 2.85. The Bertz CT molecular complexity index is 4150. The third kappa shape index (κ3) is 20.7. The van der Waals surface area contributed by atoms with Crippen molar-refractivity contribution in [3.05, 3.63) is 201 Å². The van der Waals surface area contributed by atoms with Gasteiger partial charge in [0.05, 0.1) is 38.7 Å². The number of methoxy groups -OCH3 is 2. The summed E-state index contributed by atoms with van der Waals surface area (Å²) in [6.07, 6.45) is 17.6. The number of hydrogen-bond donors (Lipinski definition) is 3. The number of quaternary nitrogens is 1. The molecule has 3 N–H and O–H groups in total. The number of ketones is 1. The molecule has 14 rings (SSSR count). The van der Waals surface area contributed by atoms with Gasteiger partial charge in [-0.05, 0) is 173 Å². The maximum atomic E-state index is 14.3. The third-order valence-corrected chi connectivity index (χ3v) is 26.9. The molecule has 3 saturated carbocycles. The topological polar surface area (TPSA) is 167 Å². The van der Waals surface area contributed by atoms with Crippen LogP contribution in [0.5, 0.6) is 0 Å². The molecule has 14 nitrogen and oxygen atoms in total. The van der Waals surface area contributed by atoms with E-state index in [0.717, 1.165) is 211 Å². The molecule has 18 heteroatoms. The second-order valence-electron chi connectivity index (χ2n) is 30.8. The van der Waals surface area contributed by atoms with Crippen molar-refractivity contribution in [2.24, 2.45) is 41.4 Å². The summed E-state index contributed by atoms with van der Waals surface area (Å²) in [5.41, 5.74) is 7.97. The highest BCUT2D eigenvalue weighted by Gasteiger charge is 2.42. The van der Waals surface area contributed by atoms with E-state index in [2.05, 4.69) is 104 Å². The number of ether oxygens (including phenoxy) is 2. The number of rotatable bonds is 20. The summed E-state index contributed by atoms with van der Waals surface area (Å²) in [5, 5.41) is 13.6. The summed E-state index contributed by atoms with van der Waals surface area (Å²) in [4.78, 5) is 92.8. The monoisotopic (exact) mass is 1520 g/mol. The van der Waals surface area contributed by atoms with E-state index >= 15 is 0 Å². The van der Waals surface area contributed by atoms with Crippen molar-refractivity contribution in [2.75, 3.05) is 63.3 Å². The maximum Gasteiger partial charge on any atom is 0.350 e. The first-order valence-electron chi connectivity index (χ1n) is 39.1. The number of carboxylic acid groups (broad SMARTS) is 1. The molecule has 8 aromatic rings. The smallest absolute Gasteiger partial charge is 0.350 e. The third-order valence-electron chi connectivity index (χ3n) is 23.4. The van der Waals surface area contributed by atoms with Gasteiger partial charge in [0.2, 0.25) is 11.8 Å². The lowest BCUT2D eigenvalue weighted by atomic mass is 9.70. The Balaban J connectivity index is 0.000000160. The maximum absolute atomic E-state index is 14.3. The molecule has 0 spiro atoms. The van der Waals surface area contributed by atoms with E-state index in [0.29, 0.717) is 39.0 Å². The number of nitrogens with zero attached hydrogens (tertiary/aromatic N) is 3. The first-order chi connectivity index (χ1) is 51.6. The Kier molecular flexibility index (Phi) is 29.4. The minimum absolute atomic E-state index is 0. The van der Waals surface area contributed by atoms with E-state index < -0.39 is 5.97 Å². The number of piperidine rings is 3. The van der Waals surface area contributed by atoms with Gasteiger partial charge in [0.1, 0.15) is 27.0 Å². The molecule has 1 atom stereocenters. The van der Waals surface area contributed by atoms with Gasteiger partial charge >= 0.3 is 17.9 Å². The fourth-order valence-corrected chi connectivity index (χ4v) is 20.4. The molecule has 568 valence electrons. The minimum Gasteiger partial charge on any atom is -1.00 e. The highest BCUT2D eigenvalue weighted by atomic mass is 35.5. The quantitative estimate of drug-likeness (QED) is 0.0621. The Morgan fingerprint density at radius 1 is 0.477 bits per heavy atom. The molecule has 6 aliphatic rings. The number of carboxylic acids is 1. The van der Waals surface area contributed by atoms with Crippen LogP contribution in [0.1, 0.15) is 188 Å². The number of carbonyl (C=O) groups is 6. The van der Waals surface area contributed by atoms with E-state index in [1.165, 1.54) is 64.3 Å². The summed E-state index contributed by atoms with van der Waals surface area (Å²) >= 11 is 4.17. The van der Waals surface area contributed by atoms with Crippen LogP contribution < -0.4 is 32.4 Å². The zero-order valence-corrected chi connectivity index (χ0v) is 66.2. The molecule has 1 unspecified atom stereocenters. The minimum atomic E-state index is -0.954. The number of anilines is 2. The molecule has 5 aromatic carbocycles. The number of aromatic carboxylic acids is 1. The van der Waals surface area contributed by atoms with Crippen molar-refractivity contribution < 1.29 is 60.7 Å². The highest BCUT2D eigenvalue weighted by molar-refractivity contribution is 7.18. The predicted octanol–water partition coefficient (Wildman–Crippen LogP) is 15.2. The fourth-order valence-electron chi connectivity index (χ4n) is 17.2. The summed E-state index contributed by atoms with van der Waals surface area (Å²) in [6, 6.07) is 57.4. The van der Waals surface area contributed by atoms with Crippen molar-refractivity contribution in [3.63, 3.8) is 0 Å². The van der Waals surface area contributed by atoms with Crippen LogP contribution in [0.3, 0.4) is 0 Å². The van der Waals surface area contributed by atoms with Crippen molar-refractivity contribution >= 4 is 80.9 Å². The number of carbonyl (C=O) groups excluding carboxylic acids is 5. The van der Waals surface area contributed by atoms with Gasteiger partial charge in [-0.3, -0.25) is 19.3 Å². The Morgan fingerprint density at radius 3 is 1.31 bits per heavy atom. The lowest BCUT2D eigenvalue weighted by Crippen LogP contribution is -3.12. The second kappa shape index (κ2) is 39.2. The van der Waals surface area contributed by atoms with Crippen LogP contribution in [0, 0.1) is 41.4 Å². The SMILES string of the molecule is CC1CCC(C(=O)N(c2cc(-c3ccccc3)sc2C(=O)O)C2CC[NH+](Cc3ccccc3)CC2)CC1.COC(=O)c1sc(-c2ccccc2)cc1C(C(=O)C1CCC(C)CC1)C1CCNCC1.COC(=O)c1sc(-c2ccccc2)cc1N(C(=O)C1CCC(C)CC1)C1CCN(Cc2ccccc2)CC1.[Cl-]. The predicted molar refractivity (Wildman–Crippen MR) is 429 cm³/mol. The van der Waals surface area contributed by atoms with Crippen LogP contribution in [-0.4, -0.2) is 111 Å². The van der Waals surface area contributed by atoms with Crippen LogP contribution in [0.15, 0.2) is 170 Å². The van der Waals surface area contributed by atoms with Gasteiger partial charge in [0, 0.05) is 88.4 Å². The Morgan fingerprint density at radius 2 is 0.860 bits per heavy atom. The Labute approximate surface area is 652 Å². The number of esters is 2. The number of amides is 2. The van der Waals surface area contributed by atoms with Gasteiger partial charge in [-0.1, -0.05) is 185 Å². The molecule has 3 aliphatic heterocycles. The second-order valence-corrected chi connectivity index (χ2v) is 34.0. The lowest BCUT2D eigenvalue weighted by Gasteiger charge is -2.40. The van der Waals surface area contributed by atoms with Crippen LogP contribution in [0.25, 0.3) is 31.3 Å². The molecule has 3 aliphatic carbocycles. The molecule has 3 aromatic heterocycles. The van der Waals surface area contributed by atoms with Crippen LogP contribution in [0.4, 0.5) is 11.4 Å². The first-order valence-corrected chi connectivity index (χ1v) is 41.6. The molecule has 3 saturated heterocycles. The van der Waals surface area contributed by atoms with E-state index in [9.17, 15) is 33.9 Å². The van der Waals surface area contributed by atoms with Gasteiger partial charge in [0.25, 0.3) is 0 Å². The van der Waals surface area contributed by atoms with E-state index in [1.807, 2.05) is 107 Å². The normalized spacial score (nSPS) is 22.4. The molecule has 107 heavy (non-hydrogen) atoms. The Hall–Kier alpha value is -7.61. The first kappa shape index (κ1) is 80.4. The molecule has 6 fully saturated rings. The number of Topliss-reactive ketones (excluding diaryl/α,β-unsaturated/α-hetero) is 1. The van der Waals surface area contributed by atoms with E-state index in [4.69, 9.17) is 9.47 Å². The van der Waals surface area contributed by atoms with E-state index in [-0.39, 0.29) is 82.7 Å². The van der Waals surface area contributed by atoms with Crippen molar-refractivity contribution in [2.45, 2.75) is 167 Å². The van der Waals surface area contributed by atoms with Gasteiger partial charge < -0.3 is 47.0 Å². The van der Waals surface area contributed by atoms with Crippen molar-refractivity contribution in [1.29, 1.82) is 0 Å². The van der Waals surface area contributed by atoms with Crippen LogP contribution in [-0.2, 0) is 36.9 Å². The molecule has 0 radical (unpaired) electrons. The average molecular weight is 1520 g/mol. The number of benzene rings is 5. The van der Waals surface area contributed by atoms with Gasteiger partial charge in [-0.15, -0.1) is 34.0 Å². The molecular formula is C89H108ClN5O9S3. The zero-order valence-electron chi connectivity index (χ0n) is 63.0. The van der Waals surface area contributed by atoms with E-state index in [1.54, 1.807) is 0 Å². The lowest BCUT2D eigenvalue weighted by molar-refractivity contribution is -0.918. The number of hydrogen-bond acceptors (Lipinski definition) is 13. The summed E-state index contributed by atoms with van der Waals surface area (Å²) in [6.45, 7) is 14.4. The standard InChI is InChI=1S/C32H38N2O3S.C31H36N2O3S.C26H33NO3S.ClH/c1-23-13-15-26(16-14-23)31(35)34(27-17-19-33(20-18-27)22-24-9-5-3-6-10-24)28-21-29(25-11-7-4-8-12-25)38-30(28)32(36)37-2;1-22-12-14-25(15-13-22)30(34)33(26-16-18-32(19-17-26)21-23-8-4-2-5-9-23)27-20-28(37-29(27)31(35)36)24-10-6-3-7-11-24;1-17-8-10-20(11-9-17)24(28)23(19-12-14-27-15-13-19)21-16-22(18-6-4-3-5-7-18)31-25(21)26(29)30-2;/h3-12,21,23,26-27H,13-20,22H2,1-2H3;2-11,20,22,25-26H,12-19,21H2,1H3,(H,35,36);3-7,16-17,19-20,23,27H,8-15H2,1-2H3;1H. The molecular weight excluding hydrogens is 1410 g/mol. The average Bonchev–Trinajstić information content (AvgIpc) is 1.65. The fraction of sp³-hybridized carbons (Fsp3) is 0.461. The van der Waals surface area contributed by atoms with Crippen LogP contribution >= 0.6 is 34.0 Å². The number of likely N-dealkylation sites (tertiary alicyclic amines) is 2. The van der Waals surface area contributed by atoms with Crippen LogP contribution in [0.2, 0.25) is 0 Å². The number of thiophene rings is 3. The number of nitrogens with one attached hydrogen (secondary N) is 2. The molecule has 2 amide bonds. The van der Waals surface area contributed by atoms with Crippen molar-refractivity contribution in [3.8, 4) is 31.3 Å². The summed E-state index contributed by atoms with van der Waals surface area (Å²) in [5.74, 6) is 1.20. The summed E-state index contributed by atoms with van der Waals surface area (Å²) < 4.78 is 10.4.